The van der Waals surface area contributed by atoms with E-state index in [1.807, 2.05) is 6.92 Å². The number of sulfonamides is 1. The summed E-state index contributed by atoms with van der Waals surface area (Å²) in [6.45, 7) is 1.87. The second-order valence-corrected chi connectivity index (χ2v) is 8.25. The predicted molar refractivity (Wildman–Crippen MR) is 80.9 cm³/mol. The van der Waals surface area contributed by atoms with E-state index in [1.165, 1.54) is 11.3 Å². The molecule has 6 nitrogen and oxygen atoms in total. The molecule has 2 rings (SSSR count). The van der Waals surface area contributed by atoms with E-state index in [0.29, 0.717) is 32.1 Å². The van der Waals surface area contributed by atoms with E-state index in [2.05, 4.69) is 9.71 Å². The number of carboxylic acids is 1. The van der Waals surface area contributed by atoms with Crippen LogP contribution in [0.2, 0.25) is 0 Å². The lowest BCUT2D eigenvalue weighted by Crippen LogP contribution is -2.40. The molecule has 1 aliphatic carbocycles. The highest BCUT2D eigenvalue weighted by atomic mass is 32.2. The third-order valence-corrected chi connectivity index (χ3v) is 6.29. The van der Waals surface area contributed by atoms with E-state index >= 15 is 0 Å². The summed E-state index contributed by atoms with van der Waals surface area (Å²) in [4.78, 5) is 16.0. The van der Waals surface area contributed by atoms with Crippen LogP contribution in [0.15, 0.2) is 5.51 Å². The van der Waals surface area contributed by atoms with Gasteiger partial charge in [-0.25, -0.2) is 18.1 Å². The second kappa shape index (κ2) is 6.85. The summed E-state index contributed by atoms with van der Waals surface area (Å²) in [5.41, 5.74) is 2.61. The number of carbonyl (C=O) groups is 1. The van der Waals surface area contributed by atoms with E-state index in [0.717, 1.165) is 10.6 Å². The summed E-state index contributed by atoms with van der Waals surface area (Å²) in [5, 5.41) is 8.93. The molecule has 0 unspecified atom stereocenters. The van der Waals surface area contributed by atoms with Crippen LogP contribution in [0.3, 0.4) is 0 Å². The van der Waals surface area contributed by atoms with Crippen molar-refractivity contribution in [3.05, 3.63) is 16.1 Å². The lowest BCUT2D eigenvalue weighted by Gasteiger charge is -2.26. The third kappa shape index (κ3) is 4.76. The van der Waals surface area contributed by atoms with Crippen LogP contribution in [0, 0.1) is 12.8 Å². The van der Waals surface area contributed by atoms with Crippen molar-refractivity contribution in [1.29, 1.82) is 0 Å². The average molecular weight is 332 g/mol. The van der Waals surface area contributed by atoms with Gasteiger partial charge in [0.05, 0.1) is 22.9 Å². The van der Waals surface area contributed by atoms with Gasteiger partial charge in [-0.2, -0.15) is 0 Å². The number of aliphatic carboxylic acids is 1. The van der Waals surface area contributed by atoms with Gasteiger partial charge in [-0.05, 0) is 39.0 Å². The molecule has 0 saturated heterocycles. The Hall–Kier alpha value is -0.990. The molecular weight excluding hydrogens is 312 g/mol. The highest BCUT2D eigenvalue weighted by Crippen LogP contribution is 2.25. The molecule has 0 aliphatic heterocycles. The van der Waals surface area contributed by atoms with E-state index in [4.69, 9.17) is 5.11 Å². The highest BCUT2D eigenvalue weighted by molar-refractivity contribution is 7.89. The number of nitrogens with one attached hydrogen (secondary N) is 1. The molecule has 0 amide bonds. The maximum Gasteiger partial charge on any atom is 0.306 e. The molecule has 1 saturated carbocycles. The Balaban J connectivity index is 1.82. The molecule has 1 heterocycles. The van der Waals surface area contributed by atoms with Gasteiger partial charge in [0.1, 0.15) is 0 Å². The van der Waals surface area contributed by atoms with Crippen molar-refractivity contribution in [2.24, 2.45) is 5.92 Å². The zero-order chi connectivity index (χ0) is 15.5. The number of aryl methyl sites for hydroxylation is 2. The van der Waals surface area contributed by atoms with Crippen molar-refractivity contribution >= 4 is 27.3 Å². The van der Waals surface area contributed by atoms with Crippen LogP contribution in [-0.4, -0.2) is 36.3 Å². The van der Waals surface area contributed by atoms with E-state index in [1.54, 1.807) is 5.51 Å². The average Bonchev–Trinajstić information content (AvgIpc) is 2.82. The van der Waals surface area contributed by atoms with Crippen LogP contribution in [0.25, 0.3) is 0 Å². The smallest absolute Gasteiger partial charge is 0.306 e. The summed E-state index contributed by atoms with van der Waals surface area (Å²) >= 11 is 1.47. The largest absolute Gasteiger partial charge is 0.481 e. The van der Waals surface area contributed by atoms with Gasteiger partial charge in [-0.15, -0.1) is 11.3 Å². The van der Waals surface area contributed by atoms with E-state index < -0.39 is 16.0 Å². The fourth-order valence-corrected chi connectivity index (χ4v) is 4.81. The van der Waals surface area contributed by atoms with E-state index in [-0.39, 0.29) is 17.7 Å². The van der Waals surface area contributed by atoms with Gasteiger partial charge in [-0.1, -0.05) is 0 Å². The molecule has 1 aromatic heterocycles. The van der Waals surface area contributed by atoms with Crippen LogP contribution in [0.1, 0.15) is 36.3 Å². The SMILES string of the molecule is Cc1ncsc1CCS(=O)(=O)NC1CCC(C(=O)O)CC1. The van der Waals surface area contributed by atoms with Crippen molar-refractivity contribution in [3.63, 3.8) is 0 Å². The Kier molecular flexibility index (Phi) is 5.34. The van der Waals surface area contributed by atoms with E-state index in [9.17, 15) is 13.2 Å². The minimum Gasteiger partial charge on any atom is -0.481 e. The van der Waals surface area contributed by atoms with Crippen molar-refractivity contribution < 1.29 is 18.3 Å². The molecule has 0 atom stereocenters. The Bertz CT molecular complexity index is 589. The fraction of sp³-hybridized carbons (Fsp3) is 0.692. The molecule has 2 N–H and O–H groups in total. The molecule has 0 radical (unpaired) electrons. The van der Waals surface area contributed by atoms with Crippen LogP contribution in [0.5, 0.6) is 0 Å². The number of hydrogen-bond acceptors (Lipinski definition) is 5. The quantitative estimate of drug-likeness (QED) is 0.824. The predicted octanol–water partition coefficient (Wildman–Crippen LogP) is 1.56. The molecule has 118 valence electrons. The van der Waals surface area contributed by atoms with Gasteiger partial charge in [0.2, 0.25) is 10.0 Å². The Labute approximate surface area is 128 Å². The standard InChI is InChI=1S/C13H20N2O4S2/c1-9-12(20-8-14-9)6-7-21(18,19)15-11-4-2-10(3-5-11)13(16)17/h8,10-11,15H,2-7H2,1H3,(H,16,17). The summed E-state index contributed by atoms with van der Waals surface area (Å²) in [7, 11) is -3.33. The molecule has 0 spiro atoms. The summed E-state index contributed by atoms with van der Waals surface area (Å²) in [6.07, 6.45) is 2.73. The molecule has 8 heteroatoms. The minimum atomic E-state index is -3.33. The number of thiazole rings is 1. The highest BCUT2D eigenvalue weighted by Gasteiger charge is 2.28. The van der Waals surface area contributed by atoms with Crippen LogP contribution in [0.4, 0.5) is 0 Å². The second-order valence-electron chi connectivity index (χ2n) is 5.43. The van der Waals surface area contributed by atoms with Crippen molar-refractivity contribution in [2.45, 2.75) is 45.1 Å². The van der Waals surface area contributed by atoms with Gasteiger partial charge in [0, 0.05) is 10.9 Å². The lowest BCUT2D eigenvalue weighted by molar-refractivity contribution is -0.142. The van der Waals surface area contributed by atoms with Crippen LogP contribution < -0.4 is 4.72 Å². The molecule has 21 heavy (non-hydrogen) atoms. The summed E-state index contributed by atoms with van der Waals surface area (Å²) < 4.78 is 26.9. The van der Waals surface area contributed by atoms with Crippen molar-refractivity contribution in [2.75, 3.05) is 5.75 Å². The molecular formula is C13H20N2O4S2. The monoisotopic (exact) mass is 332 g/mol. The zero-order valence-electron chi connectivity index (χ0n) is 11.9. The number of rotatable bonds is 6. The Morgan fingerprint density at radius 3 is 2.62 bits per heavy atom. The maximum atomic E-state index is 12.1. The maximum absolute atomic E-state index is 12.1. The van der Waals surface area contributed by atoms with Gasteiger partial charge in [0.15, 0.2) is 0 Å². The lowest BCUT2D eigenvalue weighted by atomic mass is 9.87. The normalized spacial score (nSPS) is 23.1. The molecule has 1 fully saturated rings. The van der Waals surface area contributed by atoms with Crippen LogP contribution in [-0.2, 0) is 21.2 Å². The first-order chi connectivity index (χ1) is 9.87. The number of aromatic nitrogens is 1. The first-order valence-electron chi connectivity index (χ1n) is 6.99. The van der Waals surface area contributed by atoms with Crippen molar-refractivity contribution in [1.82, 2.24) is 9.71 Å². The molecule has 0 aromatic carbocycles. The Morgan fingerprint density at radius 1 is 1.43 bits per heavy atom. The Morgan fingerprint density at radius 2 is 2.10 bits per heavy atom. The number of hydrogen-bond donors (Lipinski definition) is 2. The minimum absolute atomic E-state index is 0.0505. The number of nitrogens with zero attached hydrogens (tertiary/aromatic N) is 1. The summed E-state index contributed by atoms with van der Waals surface area (Å²) in [5.74, 6) is -1.06. The summed E-state index contributed by atoms with van der Waals surface area (Å²) in [6, 6.07) is -0.131. The number of carboxylic acid groups (broad SMARTS) is 1. The van der Waals surface area contributed by atoms with Gasteiger partial charge >= 0.3 is 5.97 Å². The zero-order valence-corrected chi connectivity index (χ0v) is 13.5. The van der Waals surface area contributed by atoms with Gasteiger partial charge in [0.25, 0.3) is 0 Å². The topological polar surface area (TPSA) is 96.4 Å². The first kappa shape index (κ1) is 16.4. The van der Waals surface area contributed by atoms with Crippen molar-refractivity contribution in [3.8, 4) is 0 Å². The third-order valence-electron chi connectivity index (χ3n) is 3.87. The van der Waals surface area contributed by atoms with Gasteiger partial charge in [-0.3, -0.25) is 4.79 Å². The fourth-order valence-electron chi connectivity index (χ4n) is 2.56. The van der Waals surface area contributed by atoms with Crippen LogP contribution >= 0.6 is 11.3 Å². The molecule has 1 aromatic rings. The van der Waals surface area contributed by atoms with Gasteiger partial charge < -0.3 is 5.11 Å². The molecule has 0 bridgehead atoms. The molecule has 1 aliphatic rings. The first-order valence-corrected chi connectivity index (χ1v) is 9.52.